The Hall–Kier alpha value is -2.57. The standard InChI is InChI=1S/C19H28N6O/c1-3-20-19(23-14-16-10-11-24-25(16)2)22-13-15-8-9-18(21-12-15)26-17-6-4-5-7-17/h8-12,17H,3-7,13-14H2,1-2H3,(H2,20,22,23). The molecule has 7 heteroatoms. The first-order chi connectivity index (χ1) is 12.7. The molecule has 0 radical (unpaired) electrons. The summed E-state index contributed by atoms with van der Waals surface area (Å²) in [6.45, 7) is 4.10. The van der Waals surface area contributed by atoms with Gasteiger partial charge in [0.05, 0.1) is 18.8 Å². The minimum atomic E-state index is 0.336. The fourth-order valence-corrected chi connectivity index (χ4v) is 3.01. The molecule has 1 fully saturated rings. The Bertz CT molecular complexity index is 703. The first kappa shape index (κ1) is 18.2. The average Bonchev–Trinajstić information content (AvgIpc) is 3.30. The van der Waals surface area contributed by atoms with Gasteiger partial charge in [-0.1, -0.05) is 6.07 Å². The SMILES string of the molecule is CCNC(=NCc1ccc(OC2CCCC2)nc1)NCc1ccnn1C. The molecule has 0 amide bonds. The third kappa shape index (κ3) is 5.21. The van der Waals surface area contributed by atoms with Gasteiger partial charge in [-0.15, -0.1) is 0 Å². The molecule has 1 saturated carbocycles. The summed E-state index contributed by atoms with van der Waals surface area (Å²) in [7, 11) is 1.93. The van der Waals surface area contributed by atoms with Crippen LogP contribution in [0.25, 0.3) is 0 Å². The Kier molecular flexibility index (Phi) is 6.46. The van der Waals surface area contributed by atoms with E-state index in [1.165, 1.54) is 12.8 Å². The largest absolute Gasteiger partial charge is 0.474 e. The molecule has 140 valence electrons. The predicted molar refractivity (Wildman–Crippen MR) is 102 cm³/mol. The van der Waals surface area contributed by atoms with Crippen LogP contribution in [0.3, 0.4) is 0 Å². The normalized spacial score (nSPS) is 15.2. The van der Waals surface area contributed by atoms with Crippen LogP contribution >= 0.6 is 0 Å². The van der Waals surface area contributed by atoms with Crippen LogP contribution in [0.2, 0.25) is 0 Å². The monoisotopic (exact) mass is 356 g/mol. The van der Waals surface area contributed by atoms with Gasteiger partial charge in [0.2, 0.25) is 5.88 Å². The molecular weight excluding hydrogens is 328 g/mol. The quantitative estimate of drug-likeness (QED) is 0.588. The minimum absolute atomic E-state index is 0.336. The number of nitrogens with zero attached hydrogens (tertiary/aromatic N) is 4. The second kappa shape index (κ2) is 9.22. The Morgan fingerprint density at radius 2 is 2.12 bits per heavy atom. The van der Waals surface area contributed by atoms with Crippen molar-refractivity contribution in [1.29, 1.82) is 0 Å². The molecule has 1 aliphatic rings. The van der Waals surface area contributed by atoms with Crippen LogP contribution in [-0.4, -0.2) is 33.4 Å². The Labute approximate surface area is 154 Å². The number of nitrogens with one attached hydrogen (secondary N) is 2. The van der Waals surface area contributed by atoms with Crippen molar-refractivity contribution in [1.82, 2.24) is 25.4 Å². The minimum Gasteiger partial charge on any atom is -0.474 e. The fourth-order valence-electron chi connectivity index (χ4n) is 3.01. The summed E-state index contributed by atoms with van der Waals surface area (Å²) < 4.78 is 7.76. The second-order valence-electron chi connectivity index (χ2n) is 6.52. The number of aryl methyl sites for hydroxylation is 1. The smallest absolute Gasteiger partial charge is 0.213 e. The van der Waals surface area contributed by atoms with Gasteiger partial charge in [0.15, 0.2) is 5.96 Å². The lowest BCUT2D eigenvalue weighted by molar-refractivity contribution is 0.201. The van der Waals surface area contributed by atoms with E-state index >= 15 is 0 Å². The maximum absolute atomic E-state index is 5.91. The third-order valence-electron chi connectivity index (χ3n) is 4.51. The average molecular weight is 356 g/mol. The first-order valence-electron chi connectivity index (χ1n) is 9.35. The zero-order chi connectivity index (χ0) is 18.2. The van der Waals surface area contributed by atoms with Gasteiger partial charge in [0, 0.05) is 32.1 Å². The van der Waals surface area contributed by atoms with E-state index in [1.54, 1.807) is 6.20 Å². The van der Waals surface area contributed by atoms with Crippen molar-refractivity contribution in [3.8, 4) is 5.88 Å². The number of aromatic nitrogens is 3. The van der Waals surface area contributed by atoms with E-state index in [0.717, 1.165) is 36.6 Å². The first-order valence-corrected chi connectivity index (χ1v) is 9.35. The lowest BCUT2D eigenvalue weighted by Crippen LogP contribution is -2.37. The van der Waals surface area contributed by atoms with Gasteiger partial charge in [-0.05, 0) is 44.2 Å². The van der Waals surface area contributed by atoms with E-state index in [1.807, 2.05) is 36.1 Å². The molecule has 3 rings (SSSR count). The molecule has 7 nitrogen and oxygen atoms in total. The summed E-state index contributed by atoms with van der Waals surface area (Å²) in [4.78, 5) is 9.05. The number of pyridine rings is 1. The van der Waals surface area contributed by atoms with E-state index < -0.39 is 0 Å². The highest BCUT2D eigenvalue weighted by atomic mass is 16.5. The molecule has 0 unspecified atom stereocenters. The van der Waals surface area contributed by atoms with Crippen LogP contribution in [-0.2, 0) is 20.1 Å². The summed E-state index contributed by atoms with van der Waals surface area (Å²) >= 11 is 0. The Morgan fingerprint density at radius 1 is 1.27 bits per heavy atom. The second-order valence-corrected chi connectivity index (χ2v) is 6.52. The van der Waals surface area contributed by atoms with Gasteiger partial charge in [-0.3, -0.25) is 4.68 Å². The van der Waals surface area contributed by atoms with E-state index in [9.17, 15) is 0 Å². The van der Waals surface area contributed by atoms with Gasteiger partial charge >= 0.3 is 0 Å². The Balaban J connectivity index is 1.53. The van der Waals surface area contributed by atoms with Crippen molar-refractivity contribution in [2.45, 2.75) is 51.8 Å². The van der Waals surface area contributed by atoms with Crippen molar-refractivity contribution in [2.75, 3.05) is 6.54 Å². The van der Waals surface area contributed by atoms with Crippen LogP contribution < -0.4 is 15.4 Å². The third-order valence-corrected chi connectivity index (χ3v) is 4.51. The summed E-state index contributed by atoms with van der Waals surface area (Å²) in [5.41, 5.74) is 2.16. The zero-order valence-electron chi connectivity index (χ0n) is 15.6. The molecule has 0 bridgehead atoms. The maximum atomic E-state index is 5.91. The van der Waals surface area contributed by atoms with Gasteiger partial charge in [-0.2, -0.15) is 5.10 Å². The van der Waals surface area contributed by atoms with E-state index in [0.29, 0.717) is 25.1 Å². The van der Waals surface area contributed by atoms with Gasteiger partial charge in [-0.25, -0.2) is 9.98 Å². The molecule has 2 N–H and O–H groups in total. The molecule has 2 heterocycles. The summed E-state index contributed by atoms with van der Waals surface area (Å²) in [5.74, 6) is 1.49. The molecular formula is C19H28N6O. The van der Waals surface area contributed by atoms with Crippen LogP contribution in [0.4, 0.5) is 0 Å². The molecule has 1 aliphatic carbocycles. The maximum Gasteiger partial charge on any atom is 0.213 e. The van der Waals surface area contributed by atoms with Crippen LogP contribution in [0, 0.1) is 0 Å². The summed E-state index contributed by atoms with van der Waals surface area (Å²) in [6.07, 6.45) is 8.78. The molecule has 0 spiro atoms. The van der Waals surface area contributed by atoms with Crippen molar-refractivity contribution in [3.05, 3.63) is 41.9 Å². The molecule has 0 aromatic carbocycles. The van der Waals surface area contributed by atoms with Crippen LogP contribution in [0.5, 0.6) is 5.88 Å². The summed E-state index contributed by atoms with van der Waals surface area (Å²) in [5, 5.41) is 10.8. The molecule has 26 heavy (non-hydrogen) atoms. The van der Waals surface area contributed by atoms with E-state index in [-0.39, 0.29) is 0 Å². The number of ether oxygens (including phenoxy) is 1. The summed E-state index contributed by atoms with van der Waals surface area (Å²) in [6, 6.07) is 5.97. The van der Waals surface area contributed by atoms with Gasteiger partial charge in [0.25, 0.3) is 0 Å². The van der Waals surface area contributed by atoms with Crippen LogP contribution in [0.15, 0.2) is 35.6 Å². The number of guanidine groups is 1. The topological polar surface area (TPSA) is 76.4 Å². The predicted octanol–water partition coefficient (Wildman–Crippen LogP) is 2.39. The van der Waals surface area contributed by atoms with Crippen molar-refractivity contribution in [3.63, 3.8) is 0 Å². The number of hydrogen-bond donors (Lipinski definition) is 2. The van der Waals surface area contributed by atoms with Gasteiger partial charge in [0.1, 0.15) is 6.10 Å². The molecule has 0 saturated heterocycles. The van der Waals surface area contributed by atoms with E-state index in [4.69, 9.17) is 4.74 Å². The lowest BCUT2D eigenvalue weighted by Gasteiger charge is -2.12. The number of rotatable bonds is 7. The van der Waals surface area contributed by atoms with Crippen molar-refractivity contribution >= 4 is 5.96 Å². The Morgan fingerprint density at radius 3 is 2.77 bits per heavy atom. The van der Waals surface area contributed by atoms with Crippen LogP contribution in [0.1, 0.15) is 43.9 Å². The highest BCUT2D eigenvalue weighted by Gasteiger charge is 2.16. The number of aliphatic imine (C=N–C) groups is 1. The van der Waals surface area contributed by atoms with E-state index in [2.05, 4.69) is 32.6 Å². The highest BCUT2D eigenvalue weighted by Crippen LogP contribution is 2.22. The van der Waals surface area contributed by atoms with Gasteiger partial charge < -0.3 is 15.4 Å². The molecule has 2 aromatic heterocycles. The molecule has 2 aromatic rings. The zero-order valence-corrected chi connectivity index (χ0v) is 15.6. The molecule has 0 atom stereocenters. The lowest BCUT2D eigenvalue weighted by atomic mass is 10.3. The fraction of sp³-hybridized carbons (Fsp3) is 0.526. The number of hydrogen-bond acceptors (Lipinski definition) is 4. The molecule has 0 aliphatic heterocycles. The highest BCUT2D eigenvalue weighted by molar-refractivity contribution is 5.79. The van der Waals surface area contributed by atoms with Crippen molar-refractivity contribution < 1.29 is 4.74 Å². The van der Waals surface area contributed by atoms with Crippen molar-refractivity contribution in [2.24, 2.45) is 12.0 Å².